The van der Waals surface area contributed by atoms with Crippen molar-refractivity contribution in [1.82, 2.24) is 14.2 Å². The van der Waals surface area contributed by atoms with Crippen LogP contribution in [0.4, 0.5) is 0 Å². The number of fused-ring (bicyclic) bond motifs is 1. The molecule has 0 N–H and O–H groups in total. The van der Waals surface area contributed by atoms with Gasteiger partial charge in [-0.05, 0) is 31.2 Å². The number of hydrazone groups is 1. The molecule has 1 atom stereocenters. The minimum Gasteiger partial charge on any atom is -0.467 e. The van der Waals surface area contributed by atoms with Crippen molar-refractivity contribution >= 4 is 32.6 Å². The van der Waals surface area contributed by atoms with Crippen molar-refractivity contribution < 1.29 is 22.0 Å². The molecule has 9 nitrogen and oxygen atoms in total. The molecule has 0 saturated carbocycles. The fraction of sp³-hybridized carbons (Fsp3) is 0.391. The number of amides is 1. The highest BCUT2D eigenvalue weighted by atomic mass is 32.2. The molecule has 10 heteroatoms. The first-order valence-corrected chi connectivity index (χ1v) is 12.7. The van der Waals surface area contributed by atoms with E-state index in [4.69, 9.17) is 8.83 Å². The lowest BCUT2D eigenvalue weighted by Gasteiger charge is -2.34. The van der Waals surface area contributed by atoms with E-state index in [0.29, 0.717) is 49.8 Å². The zero-order valence-corrected chi connectivity index (χ0v) is 19.2. The standard InChI is InChI=1S/C23H26N4O5S/c1-2-33(29,30)26-11-9-25(10-12-26)16-23(28)27-19(21-8-5-13-31-21)15-18(24-27)22-14-17-6-3-4-7-20(17)32-22/h3-8,13-14,19H,2,9-12,15-16H2,1H3. The van der Waals surface area contributed by atoms with Crippen LogP contribution in [0.5, 0.6) is 0 Å². The van der Waals surface area contributed by atoms with Crippen molar-refractivity contribution in [2.75, 3.05) is 38.5 Å². The Kier molecular flexibility index (Phi) is 5.81. The van der Waals surface area contributed by atoms with E-state index in [1.54, 1.807) is 19.3 Å². The van der Waals surface area contributed by atoms with E-state index < -0.39 is 10.0 Å². The SMILES string of the molecule is CCS(=O)(=O)N1CCN(CC(=O)N2N=C(c3cc4ccccc4o3)CC2c2ccco2)CC1. The summed E-state index contributed by atoms with van der Waals surface area (Å²) in [6, 6.07) is 13.0. The highest BCUT2D eigenvalue weighted by Gasteiger charge is 2.37. The van der Waals surface area contributed by atoms with Crippen molar-refractivity contribution in [3.05, 3.63) is 60.2 Å². The highest BCUT2D eigenvalue weighted by molar-refractivity contribution is 7.89. The van der Waals surface area contributed by atoms with Crippen molar-refractivity contribution in [1.29, 1.82) is 0 Å². The Bertz CT molecular complexity index is 1240. The molecule has 3 aromatic rings. The predicted octanol–water partition coefficient (Wildman–Crippen LogP) is 2.67. The van der Waals surface area contributed by atoms with E-state index in [0.717, 1.165) is 11.0 Å². The van der Waals surface area contributed by atoms with Crippen LogP contribution in [0.15, 0.2) is 62.7 Å². The van der Waals surface area contributed by atoms with E-state index >= 15 is 0 Å². The van der Waals surface area contributed by atoms with Crippen molar-refractivity contribution in [2.24, 2.45) is 5.10 Å². The van der Waals surface area contributed by atoms with Crippen LogP contribution in [0.1, 0.15) is 30.9 Å². The highest BCUT2D eigenvalue weighted by Crippen LogP contribution is 2.34. The van der Waals surface area contributed by atoms with Gasteiger partial charge in [-0.15, -0.1) is 0 Å². The topological polar surface area (TPSA) is 99.6 Å². The molecule has 4 heterocycles. The van der Waals surface area contributed by atoms with Gasteiger partial charge >= 0.3 is 0 Å². The molecular formula is C23H26N4O5S. The lowest BCUT2D eigenvalue weighted by Crippen LogP contribution is -2.51. The van der Waals surface area contributed by atoms with Gasteiger partial charge in [0, 0.05) is 38.0 Å². The third-order valence-corrected chi connectivity index (χ3v) is 8.08. The van der Waals surface area contributed by atoms with E-state index in [9.17, 15) is 13.2 Å². The Morgan fingerprint density at radius 1 is 1.12 bits per heavy atom. The monoisotopic (exact) mass is 470 g/mol. The second-order valence-corrected chi connectivity index (χ2v) is 10.5. The third-order valence-electron chi connectivity index (χ3n) is 6.20. The van der Waals surface area contributed by atoms with Crippen LogP contribution in [0.2, 0.25) is 0 Å². The summed E-state index contributed by atoms with van der Waals surface area (Å²) in [5.74, 6) is 1.23. The number of benzene rings is 1. The normalized spacial score (nSPS) is 20.5. The zero-order chi connectivity index (χ0) is 23.0. The molecule has 174 valence electrons. The van der Waals surface area contributed by atoms with Gasteiger partial charge in [-0.2, -0.15) is 9.41 Å². The average molecular weight is 471 g/mol. The van der Waals surface area contributed by atoms with Crippen LogP contribution in [0.3, 0.4) is 0 Å². The molecular weight excluding hydrogens is 444 g/mol. The number of sulfonamides is 1. The summed E-state index contributed by atoms with van der Waals surface area (Å²) in [4.78, 5) is 15.2. The molecule has 1 aromatic carbocycles. The summed E-state index contributed by atoms with van der Waals surface area (Å²) < 4.78 is 37.3. The number of para-hydroxylation sites is 1. The van der Waals surface area contributed by atoms with Gasteiger partial charge in [0.05, 0.1) is 18.6 Å². The number of hydrogen-bond donors (Lipinski definition) is 0. The number of hydrogen-bond acceptors (Lipinski definition) is 7. The lowest BCUT2D eigenvalue weighted by molar-refractivity contribution is -0.134. The first-order chi connectivity index (χ1) is 15.9. The average Bonchev–Trinajstić information content (AvgIpc) is 3.58. The largest absolute Gasteiger partial charge is 0.467 e. The number of carbonyl (C=O) groups is 1. The number of piperazine rings is 1. The fourth-order valence-corrected chi connectivity index (χ4v) is 5.41. The predicted molar refractivity (Wildman–Crippen MR) is 123 cm³/mol. The van der Waals surface area contributed by atoms with Gasteiger partial charge in [0.15, 0.2) is 5.76 Å². The molecule has 0 radical (unpaired) electrons. The van der Waals surface area contributed by atoms with Crippen molar-refractivity contribution in [2.45, 2.75) is 19.4 Å². The Hall–Kier alpha value is -2.95. The van der Waals surface area contributed by atoms with Crippen molar-refractivity contribution in [3.63, 3.8) is 0 Å². The van der Waals surface area contributed by atoms with Gasteiger partial charge in [0.1, 0.15) is 23.1 Å². The van der Waals surface area contributed by atoms with E-state index in [-0.39, 0.29) is 24.2 Å². The number of furan rings is 2. The maximum Gasteiger partial charge on any atom is 0.257 e. The Balaban J connectivity index is 1.33. The first kappa shape index (κ1) is 21.9. The molecule has 0 bridgehead atoms. The summed E-state index contributed by atoms with van der Waals surface area (Å²) in [6.45, 7) is 3.59. The molecule has 1 saturated heterocycles. The summed E-state index contributed by atoms with van der Waals surface area (Å²) >= 11 is 0. The molecule has 2 aromatic heterocycles. The second kappa shape index (κ2) is 8.77. The van der Waals surface area contributed by atoms with E-state index in [2.05, 4.69) is 5.10 Å². The number of nitrogens with zero attached hydrogens (tertiary/aromatic N) is 4. The summed E-state index contributed by atoms with van der Waals surface area (Å²) in [7, 11) is -3.21. The quantitative estimate of drug-likeness (QED) is 0.549. The van der Waals surface area contributed by atoms with Crippen LogP contribution in [0, 0.1) is 0 Å². The van der Waals surface area contributed by atoms with Crippen LogP contribution in [-0.2, 0) is 14.8 Å². The maximum absolute atomic E-state index is 13.3. The third kappa shape index (κ3) is 4.33. The molecule has 2 aliphatic rings. The smallest absolute Gasteiger partial charge is 0.257 e. The molecule has 33 heavy (non-hydrogen) atoms. The summed E-state index contributed by atoms with van der Waals surface area (Å²) in [5, 5.41) is 7.10. The van der Waals surface area contributed by atoms with E-state index in [1.807, 2.05) is 41.3 Å². The molecule has 1 amide bonds. The van der Waals surface area contributed by atoms with Gasteiger partial charge in [-0.25, -0.2) is 13.4 Å². The number of rotatable bonds is 6. The van der Waals surface area contributed by atoms with Crippen LogP contribution in [-0.4, -0.2) is 72.7 Å². The van der Waals surface area contributed by atoms with Gasteiger partial charge in [-0.3, -0.25) is 9.69 Å². The number of carbonyl (C=O) groups excluding carboxylic acids is 1. The van der Waals surface area contributed by atoms with Gasteiger partial charge in [0.25, 0.3) is 5.91 Å². The Labute approximate surface area is 192 Å². The van der Waals surface area contributed by atoms with Gasteiger partial charge in [-0.1, -0.05) is 18.2 Å². The Morgan fingerprint density at radius 2 is 1.91 bits per heavy atom. The lowest BCUT2D eigenvalue weighted by atomic mass is 10.1. The summed E-state index contributed by atoms with van der Waals surface area (Å²) in [5.41, 5.74) is 1.47. The first-order valence-electron chi connectivity index (χ1n) is 11.1. The summed E-state index contributed by atoms with van der Waals surface area (Å²) in [6.07, 6.45) is 2.08. The zero-order valence-electron chi connectivity index (χ0n) is 18.4. The van der Waals surface area contributed by atoms with Crippen molar-refractivity contribution in [3.8, 4) is 0 Å². The van der Waals surface area contributed by atoms with E-state index in [1.165, 1.54) is 9.31 Å². The molecule has 0 spiro atoms. The van der Waals surface area contributed by atoms with Crippen LogP contribution < -0.4 is 0 Å². The minimum atomic E-state index is -3.21. The molecule has 1 fully saturated rings. The molecule has 1 unspecified atom stereocenters. The second-order valence-electron chi connectivity index (χ2n) is 8.24. The van der Waals surface area contributed by atoms with Crippen LogP contribution in [0.25, 0.3) is 11.0 Å². The maximum atomic E-state index is 13.3. The fourth-order valence-electron chi connectivity index (χ4n) is 4.33. The molecule has 0 aliphatic carbocycles. The molecule has 5 rings (SSSR count). The Morgan fingerprint density at radius 3 is 2.61 bits per heavy atom. The van der Waals surface area contributed by atoms with Gasteiger partial charge in [0.2, 0.25) is 10.0 Å². The molecule has 2 aliphatic heterocycles. The van der Waals surface area contributed by atoms with Gasteiger partial charge < -0.3 is 8.83 Å². The van der Waals surface area contributed by atoms with Crippen LogP contribution >= 0.6 is 0 Å². The minimum absolute atomic E-state index is 0.0871.